The van der Waals surface area contributed by atoms with Crippen LogP contribution >= 0.6 is 15.9 Å². The zero-order valence-corrected chi connectivity index (χ0v) is 10.1. The Morgan fingerprint density at radius 3 is 2.75 bits per heavy atom. The fraction of sp³-hybridized carbons (Fsp3) is 0.400. The molecule has 5 nitrogen and oxygen atoms in total. The van der Waals surface area contributed by atoms with Gasteiger partial charge in [0.05, 0.1) is 9.40 Å². The lowest BCUT2D eigenvalue weighted by Gasteiger charge is -2.33. The van der Waals surface area contributed by atoms with Crippen LogP contribution in [0.25, 0.3) is 0 Å². The van der Waals surface area contributed by atoms with Gasteiger partial charge in [-0.2, -0.15) is 0 Å². The lowest BCUT2D eigenvalue weighted by Crippen LogP contribution is -2.44. The van der Waals surface area contributed by atoms with Crippen LogP contribution in [0.15, 0.2) is 22.7 Å². The van der Waals surface area contributed by atoms with Crippen LogP contribution in [0.1, 0.15) is 12.8 Å². The second kappa shape index (κ2) is 4.39. The van der Waals surface area contributed by atoms with Gasteiger partial charge in [-0.05, 0) is 40.9 Å². The van der Waals surface area contributed by atoms with E-state index in [1.807, 2.05) is 6.07 Å². The van der Waals surface area contributed by atoms with Crippen molar-refractivity contribution in [3.8, 4) is 0 Å². The van der Waals surface area contributed by atoms with Crippen molar-refractivity contribution in [3.05, 3.63) is 32.8 Å². The Morgan fingerprint density at radius 2 is 2.19 bits per heavy atom. The van der Waals surface area contributed by atoms with Crippen LogP contribution in [0, 0.1) is 10.1 Å². The molecule has 0 amide bonds. The van der Waals surface area contributed by atoms with Gasteiger partial charge in [0.15, 0.2) is 0 Å². The quantitative estimate of drug-likeness (QED) is 0.659. The summed E-state index contributed by atoms with van der Waals surface area (Å²) >= 11 is 3.15. The Labute approximate surface area is 101 Å². The second-order valence-corrected chi connectivity index (χ2v) is 4.85. The fourth-order valence-corrected chi connectivity index (χ4v) is 2.15. The molecule has 1 aromatic rings. The maximum Gasteiger partial charge on any atom is 0.285 e. The Kier molecular flexibility index (Phi) is 3.11. The van der Waals surface area contributed by atoms with Gasteiger partial charge >= 0.3 is 0 Å². The zero-order chi connectivity index (χ0) is 11.7. The van der Waals surface area contributed by atoms with E-state index in [4.69, 9.17) is 5.73 Å². The van der Waals surface area contributed by atoms with Gasteiger partial charge in [-0.25, -0.2) is 0 Å². The number of nitrogens with one attached hydrogen (secondary N) is 1. The van der Waals surface area contributed by atoms with Crippen LogP contribution in [0.5, 0.6) is 0 Å². The summed E-state index contributed by atoms with van der Waals surface area (Å²) < 4.78 is 0.494. The highest BCUT2D eigenvalue weighted by Crippen LogP contribution is 2.30. The van der Waals surface area contributed by atoms with E-state index in [0.29, 0.717) is 10.5 Å². The first-order valence-electron chi connectivity index (χ1n) is 5.02. The minimum absolute atomic E-state index is 0.0774. The number of benzene rings is 1. The number of nitrogens with two attached hydrogens (primary N) is 1. The molecule has 0 spiro atoms. The van der Waals surface area contributed by atoms with E-state index in [2.05, 4.69) is 21.2 Å². The van der Waals surface area contributed by atoms with Crippen LogP contribution < -0.4 is 11.1 Å². The summed E-state index contributed by atoms with van der Waals surface area (Å²) in [5, 5.41) is 13.9. The molecule has 16 heavy (non-hydrogen) atoms. The lowest BCUT2D eigenvalue weighted by molar-refractivity contribution is -0.385. The van der Waals surface area contributed by atoms with E-state index < -0.39 is 4.92 Å². The molecule has 1 aromatic carbocycles. The number of nitrogens with zero attached hydrogens (tertiary/aromatic N) is 1. The highest BCUT2D eigenvalue weighted by molar-refractivity contribution is 9.10. The molecule has 1 fully saturated rings. The lowest BCUT2D eigenvalue weighted by atomic mass is 9.87. The van der Waals surface area contributed by atoms with E-state index >= 15 is 0 Å². The maximum atomic E-state index is 10.7. The molecule has 1 saturated carbocycles. The Hall–Kier alpha value is -1.14. The third kappa shape index (κ3) is 2.33. The van der Waals surface area contributed by atoms with Crippen molar-refractivity contribution in [2.24, 2.45) is 5.73 Å². The van der Waals surface area contributed by atoms with Crippen molar-refractivity contribution in [3.63, 3.8) is 0 Å². The summed E-state index contributed by atoms with van der Waals surface area (Å²) in [5.41, 5.74) is 6.52. The summed E-state index contributed by atoms with van der Waals surface area (Å²) in [6, 6.07) is 5.65. The largest absolute Gasteiger partial charge is 0.382 e. The molecular weight excluding hydrogens is 274 g/mol. The van der Waals surface area contributed by atoms with Gasteiger partial charge in [0, 0.05) is 23.8 Å². The molecule has 0 aliphatic heterocycles. The minimum Gasteiger partial charge on any atom is -0.382 e. The maximum absolute atomic E-state index is 10.7. The van der Waals surface area contributed by atoms with Crippen molar-refractivity contribution >= 4 is 27.3 Å². The average molecular weight is 286 g/mol. The van der Waals surface area contributed by atoms with Crippen molar-refractivity contribution in [2.45, 2.75) is 24.9 Å². The SMILES string of the molecule is NC1CC(Nc2ccc(Br)c([N+](=O)[O-])c2)C1. The molecular formula is C10H12BrN3O2. The number of hydrogen-bond donors (Lipinski definition) is 2. The molecule has 1 aliphatic carbocycles. The Morgan fingerprint density at radius 1 is 1.50 bits per heavy atom. The third-order valence-electron chi connectivity index (χ3n) is 2.69. The van der Waals surface area contributed by atoms with Gasteiger partial charge < -0.3 is 11.1 Å². The summed E-state index contributed by atoms with van der Waals surface area (Å²) in [4.78, 5) is 10.3. The molecule has 3 N–H and O–H groups in total. The molecule has 86 valence electrons. The van der Waals surface area contributed by atoms with Crippen LogP contribution in [0.4, 0.5) is 11.4 Å². The van der Waals surface area contributed by atoms with Gasteiger partial charge in [-0.15, -0.1) is 0 Å². The first-order chi connectivity index (χ1) is 7.56. The first kappa shape index (κ1) is 11.3. The van der Waals surface area contributed by atoms with Gasteiger partial charge in [0.2, 0.25) is 0 Å². The van der Waals surface area contributed by atoms with Crippen molar-refractivity contribution in [1.82, 2.24) is 0 Å². The molecule has 0 aromatic heterocycles. The molecule has 1 aliphatic rings. The molecule has 2 rings (SSSR count). The minimum atomic E-state index is -0.401. The van der Waals surface area contributed by atoms with Gasteiger partial charge in [0.25, 0.3) is 5.69 Å². The second-order valence-electron chi connectivity index (χ2n) is 4.00. The van der Waals surface area contributed by atoms with E-state index in [1.165, 1.54) is 6.07 Å². The highest BCUT2D eigenvalue weighted by atomic mass is 79.9. The predicted molar refractivity (Wildman–Crippen MR) is 65.4 cm³/mol. The summed E-state index contributed by atoms with van der Waals surface area (Å²) in [7, 11) is 0. The predicted octanol–water partition coefficient (Wildman–Crippen LogP) is 2.26. The highest BCUT2D eigenvalue weighted by Gasteiger charge is 2.26. The van der Waals surface area contributed by atoms with E-state index in [-0.39, 0.29) is 11.7 Å². The topological polar surface area (TPSA) is 81.2 Å². The normalized spacial score (nSPS) is 23.6. The molecule has 0 atom stereocenters. The standard InChI is InChI=1S/C10H12BrN3O2/c11-9-2-1-7(5-10(9)14(15)16)13-8-3-6(12)4-8/h1-2,5-6,8,13H,3-4,12H2. The van der Waals surface area contributed by atoms with Crippen LogP contribution in [-0.2, 0) is 0 Å². The van der Waals surface area contributed by atoms with Crippen LogP contribution in [0.2, 0.25) is 0 Å². The number of nitro groups is 1. The van der Waals surface area contributed by atoms with E-state index in [0.717, 1.165) is 18.5 Å². The summed E-state index contributed by atoms with van der Waals surface area (Å²) in [6.45, 7) is 0. The molecule has 0 bridgehead atoms. The van der Waals surface area contributed by atoms with Crippen molar-refractivity contribution in [2.75, 3.05) is 5.32 Å². The monoisotopic (exact) mass is 285 g/mol. The van der Waals surface area contributed by atoms with Crippen molar-refractivity contribution in [1.29, 1.82) is 0 Å². The smallest absolute Gasteiger partial charge is 0.285 e. The van der Waals surface area contributed by atoms with Crippen LogP contribution in [0.3, 0.4) is 0 Å². The molecule has 0 radical (unpaired) electrons. The van der Waals surface area contributed by atoms with E-state index in [9.17, 15) is 10.1 Å². The van der Waals surface area contributed by atoms with E-state index in [1.54, 1.807) is 6.07 Å². The molecule has 6 heteroatoms. The zero-order valence-electron chi connectivity index (χ0n) is 8.52. The van der Waals surface area contributed by atoms with Crippen molar-refractivity contribution < 1.29 is 4.92 Å². The Bertz CT molecular complexity index is 419. The molecule has 0 unspecified atom stereocenters. The fourth-order valence-electron chi connectivity index (χ4n) is 1.76. The number of hydrogen-bond acceptors (Lipinski definition) is 4. The average Bonchev–Trinajstić information content (AvgIpc) is 2.18. The number of nitro benzene ring substituents is 1. The van der Waals surface area contributed by atoms with Gasteiger partial charge in [-0.3, -0.25) is 10.1 Å². The summed E-state index contributed by atoms with van der Waals surface area (Å²) in [6.07, 6.45) is 1.84. The number of anilines is 1. The van der Waals surface area contributed by atoms with Gasteiger partial charge in [0.1, 0.15) is 0 Å². The number of halogens is 1. The third-order valence-corrected chi connectivity index (χ3v) is 3.36. The molecule has 0 heterocycles. The van der Waals surface area contributed by atoms with Gasteiger partial charge in [-0.1, -0.05) is 0 Å². The summed E-state index contributed by atoms with van der Waals surface area (Å²) in [5.74, 6) is 0. The first-order valence-corrected chi connectivity index (χ1v) is 5.81. The Balaban J connectivity index is 2.10. The number of rotatable bonds is 3. The molecule has 0 saturated heterocycles. The van der Waals surface area contributed by atoms with Crippen LogP contribution in [-0.4, -0.2) is 17.0 Å².